The summed E-state index contributed by atoms with van der Waals surface area (Å²) in [5.74, 6) is -0.536. The molecular weight excluding hydrogens is 171 g/mol. The third-order valence-electron chi connectivity index (χ3n) is 2.43. The number of hydrogen-bond acceptors (Lipinski definition) is 2. The predicted octanol–water partition coefficient (Wildman–Crippen LogP) is 1.25. The van der Waals surface area contributed by atoms with Gasteiger partial charge in [-0.05, 0) is 25.7 Å². The van der Waals surface area contributed by atoms with Crippen molar-refractivity contribution in [3.05, 3.63) is 0 Å². The molecule has 0 spiro atoms. The van der Waals surface area contributed by atoms with Gasteiger partial charge in [-0.1, -0.05) is 0 Å². The summed E-state index contributed by atoms with van der Waals surface area (Å²) in [5, 5.41) is 8.35. The van der Waals surface area contributed by atoms with Crippen LogP contribution in [0, 0.1) is 11.3 Å². The van der Waals surface area contributed by atoms with Crippen LogP contribution < -0.4 is 0 Å². The Morgan fingerprint density at radius 1 is 1.62 bits per heavy atom. The van der Waals surface area contributed by atoms with Crippen LogP contribution >= 0.6 is 0 Å². The van der Waals surface area contributed by atoms with E-state index in [1.807, 2.05) is 6.07 Å². The Balaban J connectivity index is 2.61. The SMILES string of the molecule is CN(CC#N)C(=O)C1(F)CCCC1. The van der Waals surface area contributed by atoms with E-state index in [1.54, 1.807) is 0 Å². The number of halogens is 1. The summed E-state index contributed by atoms with van der Waals surface area (Å²) in [6.45, 7) is -0.0372. The van der Waals surface area contributed by atoms with Crippen molar-refractivity contribution in [1.82, 2.24) is 4.90 Å². The maximum absolute atomic E-state index is 13.8. The second-order valence-electron chi connectivity index (χ2n) is 3.49. The van der Waals surface area contributed by atoms with Crippen LogP contribution in [0.5, 0.6) is 0 Å². The van der Waals surface area contributed by atoms with Gasteiger partial charge in [0.25, 0.3) is 5.91 Å². The third kappa shape index (κ3) is 1.97. The standard InChI is InChI=1S/C9H13FN2O/c1-12(7-6-11)8(13)9(10)4-2-3-5-9/h2-5,7H2,1H3. The minimum absolute atomic E-state index is 0.0372. The van der Waals surface area contributed by atoms with Gasteiger partial charge in [0.2, 0.25) is 0 Å². The zero-order chi connectivity index (χ0) is 9.90. The third-order valence-corrected chi connectivity index (χ3v) is 2.43. The lowest BCUT2D eigenvalue weighted by molar-refractivity contribution is -0.141. The van der Waals surface area contributed by atoms with E-state index in [0.717, 1.165) is 17.7 Å². The van der Waals surface area contributed by atoms with E-state index in [-0.39, 0.29) is 6.54 Å². The summed E-state index contributed by atoms with van der Waals surface area (Å²) in [7, 11) is 1.46. The Morgan fingerprint density at radius 3 is 2.62 bits per heavy atom. The molecule has 1 saturated carbocycles. The smallest absolute Gasteiger partial charge is 0.260 e. The van der Waals surface area contributed by atoms with E-state index in [9.17, 15) is 9.18 Å². The van der Waals surface area contributed by atoms with E-state index >= 15 is 0 Å². The molecule has 1 fully saturated rings. The minimum atomic E-state index is -1.69. The molecule has 0 radical (unpaired) electrons. The molecule has 0 aliphatic heterocycles. The van der Waals surface area contributed by atoms with Crippen molar-refractivity contribution in [2.75, 3.05) is 13.6 Å². The molecule has 0 saturated heterocycles. The summed E-state index contributed by atoms with van der Waals surface area (Å²) < 4.78 is 13.8. The van der Waals surface area contributed by atoms with Crippen molar-refractivity contribution in [2.24, 2.45) is 0 Å². The number of hydrogen-bond donors (Lipinski definition) is 0. The molecule has 1 rings (SSSR count). The summed E-state index contributed by atoms with van der Waals surface area (Å²) >= 11 is 0. The van der Waals surface area contributed by atoms with E-state index in [4.69, 9.17) is 5.26 Å². The quantitative estimate of drug-likeness (QED) is 0.606. The molecule has 0 aromatic carbocycles. The molecule has 0 aromatic heterocycles. The average molecular weight is 184 g/mol. The van der Waals surface area contributed by atoms with Crippen LogP contribution in [-0.4, -0.2) is 30.1 Å². The highest BCUT2D eigenvalue weighted by Gasteiger charge is 2.42. The molecule has 3 nitrogen and oxygen atoms in total. The van der Waals surface area contributed by atoms with E-state index in [1.165, 1.54) is 7.05 Å². The summed E-state index contributed by atoms with van der Waals surface area (Å²) in [5.41, 5.74) is -1.69. The van der Waals surface area contributed by atoms with Gasteiger partial charge in [-0.3, -0.25) is 4.79 Å². The Hall–Kier alpha value is -1.11. The maximum atomic E-state index is 13.8. The zero-order valence-corrected chi connectivity index (χ0v) is 7.72. The second kappa shape index (κ2) is 3.73. The van der Waals surface area contributed by atoms with Gasteiger partial charge < -0.3 is 4.90 Å². The molecule has 0 N–H and O–H groups in total. The predicted molar refractivity (Wildman–Crippen MR) is 45.6 cm³/mol. The van der Waals surface area contributed by atoms with Crippen LogP contribution in [0.15, 0.2) is 0 Å². The average Bonchev–Trinajstić information content (AvgIpc) is 2.52. The fourth-order valence-electron chi connectivity index (χ4n) is 1.67. The molecule has 13 heavy (non-hydrogen) atoms. The first-order valence-corrected chi connectivity index (χ1v) is 4.41. The van der Waals surface area contributed by atoms with Gasteiger partial charge in [-0.2, -0.15) is 5.26 Å². The highest BCUT2D eigenvalue weighted by Crippen LogP contribution is 2.34. The molecule has 0 bridgehead atoms. The topological polar surface area (TPSA) is 44.1 Å². The first kappa shape index (κ1) is 9.97. The second-order valence-corrected chi connectivity index (χ2v) is 3.49. The molecule has 0 aromatic rings. The lowest BCUT2D eigenvalue weighted by Gasteiger charge is -2.23. The lowest BCUT2D eigenvalue weighted by Crippen LogP contribution is -2.42. The van der Waals surface area contributed by atoms with E-state index < -0.39 is 11.6 Å². The Bertz CT molecular complexity index is 240. The summed E-state index contributed by atoms with van der Waals surface area (Å²) in [6, 6.07) is 1.83. The van der Waals surface area contributed by atoms with Crippen molar-refractivity contribution < 1.29 is 9.18 Å². The molecule has 4 heteroatoms. The van der Waals surface area contributed by atoms with E-state index in [2.05, 4.69) is 0 Å². The maximum Gasteiger partial charge on any atom is 0.260 e. The number of carbonyl (C=O) groups excluding carboxylic acids is 1. The highest BCUT2D eigenvalue weighted by molar-refractivity contribution is 5.85. The first-order valence-electron chi connectivity index (χ1n) is 4.41. The first-order chi connectivity index (χ1) is 6.10. The number of alkyl halides is 1. The summed E-state index contributed by atoms with van der Waals surface area (Å²) in [4.78, 5) is 12.6. The molecular formula is C9H13FN2O. The molecule has 0 atom stereocenters. The molecule has 0 heterocycles. The van der Waals surface area contributed by atoms with Crippen LogP contribution in [0.4, 0.5) is 4.39 Å². The number of amides is 1. The van der Waals surface area contributed by atoms with Crippen LogP contribution in [0.1, 0.15) is 25.7 Å². The van der Waals surface area contributed by atoms with Crippen molar-refractivity contribution in [1.29, 1.82) is 5.26 Å². The van der Waals surface area contributed by atoms with E-state index in [0.29, 0.717) is 12.8 Å². The fraction of sp³-hybridized carbons (Fsp3) is 0.778. The fourth-order valence-corrected chi connectivity index (χ4v) is 1.67. The minimum Gasteiger partial charge on any atom is -0.330 e. The van der Waals surface area contributed by atoms with Gasteiger partial charge in [0, 0.05) is 7.05 Å². The van der Waals surface area contributed by atoms with Crippen molar-refractivity contribution in [3.8, 4) is 6.07 Å². The Morgan fingerprint density at radius 2 is 2.15 bits per heavy atom. The Labute approximate surface area is 77.1 Å². The largest absolute Gasteiger partial charge is 0.330 e. The normalized spacial score (nSPS) is 19.5. The number of nitriles is 1. The molecule has 0 unspecified atom stereocenters. The number of nitrogens with zero attached hydrogens (tertiary/aromatic N) is 2. The van der Waals surface area contributed by atoms with Gasteiger partial charge in [-0.15, -0.1) is 0 Å². The number of carbonyl (C=O) groups is 1. The van der Waals surface area contributed by atoms with Crippen molar-refractivity contribution in [2.45, 2.75) is 31.4 Å². The van der Waals surface area contributed by atoms with Crippen LogP contribution in [-0.2, 0) is 4.79 Å². The van der Waals surface area contributed by atoms with Crippen molar-refractivity contribution in [3.63, 3.8) is 0 Å². The zero-order valence-electron chi connectivity index (χ0n) is 7.72. The molecule has 1 amide bonds. The molecule has 1 aliphatic rings. The Kier molecular flexibility index (Phi) is 2.86. The van der Waals surface area contributed by atoms with Crippen LogP contribution in [0.2, 0.25) is 0 Å². The monoisotopic (exact) mass is 184 g/mol. The van der Waals surface area contributed by atoms with Crippen LogP contribution in [0.3, 0.4) is 0 Å². The van der Waals surface area contributed by atoms with Gasteiger partial charge >= 0.3 is 0 Å². The van der Waals surface area contributed by atoms with Gasteiger partial charge in [0.05, 0.1) is 6.07 Å². The van der Waals surface area contributed by atoms with Gasteiger partial charge in [0.1, 0.15) is 6.54 Å². The van der Waals surface area contributed by atoms with Gasteiger partial charge in [-0.25, -0.2) is 4.39 Å². The summed E-state index contributed by atoms with van der Waals surface area (Å²) in [6.07, 6.45) is 2.15. The van der Waals surface area contributed by atoms with Crippen LogP contribution in [0.25, 0.3) is 0 Å². The molecule has 72 valence electrons. The highest BCUT2D eigenvalue weighted by atomic mass is 19.1. The number of rotatable bonds is 2. The van der Waals surface area contributed by atoms with Gasteiger partial charge in [0.15, 0.2) is 5.67 Å². The van der Waals surface area contributed by atoms with Crippen molar-refractivity contribution >= 4 is 5.91 Å². The molecule has 1 aliphatic carbocycles. The lowest BCUT2D eigenvalue weighted by atomic mass is 10.0.